The highest BCUT2D eigenvalue weighted by molar-refractivity contribution is 9.10. The molecular weight excluding hydrogens is 280 g/mol. The Labute approximate surface area is 111 Å². The fraction of sp³-hybridized carbons (Fsp3) is 0.615. The molecule has 1 aromatic rings. The third kappa shape index (κ3) is 3.27. The van der Waals surface area contributed by atoms with Gasteiger partial charge in [-0.1, -0.05) is 6.92 Å². The van der Waals surface area contributed by atoms with Gasteiger partial charge in [0.15, 0.2) is 0 Å². The summed E-state index contributed by atoms with van der Waals surface area (Å²) < 4.78 is 6.70. The molecule has 3 nitrogen and oxygen atoms in total. The van der Waals surface area contributed by atoms with Crippen LogP contribution in [0.1, 0.15) is 25.3 Å². The van der Waals surface area contributed by atoms with Gasteiger partial charge < -0.3 is 10.5 Å². The highest BCUT2D eigenvalue weighted by Gasteiger charge is 2.31. The first kappa shape index (κ1) is 13.0. The van der Waals surface area contributed by atoms with Crippen molar-refractivity contribution in [2.24, 2.45) is 11.7 Å². The molecule has 0 radical (unpaired) electrons. The lowest BCUT2D eigenvalue weighted by Crippen LogP contribution is -2.36. The Morgan fingerprint density at radius 1 is 1.59 bits per heavy atom. The standard InChI is InChI=1S/C13H19BrN2O/c1-2-13-11(3-4-17-13)12(15)6-9-5-10(14)8-16-7-9/h5,7-8,11-13H,2-4,6,15H2,1H3. The Morgan fingerprint density at radius 2 is 2.41 bits per heavy atom. The van der Waals surface area contributed by atoms with Gasteiger partial charge in [0.25, 0.3) is 0 Å². The fourth-order valence-electron chi connectivity index (χ4n) is 2.57. The monoisotopic (exact) mass is 298 g/mol. The number of halogens is 1. The predicted molar refractivity (Wildman–Crippen MR) is 71.8 cm³/mol. The molecule has 2 rings (SSSR count). The van der Waals surface area contributed by atoms with Gasteiger partial charge in [-0.05, 0) is 46.8 Å². The molecule has 2 N–H and O–H groups in total. The summed E-state index contributed by atoms with van der Waals surface area (Å²) in [5.41, 5.74) is 7.49. The van der Waals surface area contributed by atoms with Gasteiger partial charge in [0, 0.05) is 35.4 Å². The van der Waals surface area contributed by atoms with Crippen LogP contribution in [0.4, 0.5) is 0 Å². The number of nitrogens with zero attached hydrogens (tertiary/aromatic N) is 1. The van der Waals surface area contributed by atoms with Crippen molar-refractivity contribution >= 4 is 15.9 Å². The van der Waals surface area contributed by atoms with Crippen molar-refractivity contribution in [1.82, 2.24) is 4.98 Å². The lowest BCUT2D eigenvalue weighted by molar-refractivity contribution is 0.0814. The van der Waals surface area contributed by atoms with Gasteiger partial charge >= 0.3 is 0 Å². The van der Waals surface area contributed by atoms with Crippen molar-refractivity contribution in [3.63, 3.8) is 0 Å². The third-order valence-electron chi connectivity index (χ3n) is 3.45. The van der Waals surface area contributed by atoms with E-state index in [1.165, 1.54) is 5.56 Å². The van der Waals surface area contributed by atoms with Crippen LogP contribution in [0.15, 0.2) is 22.9 Å². The predicted octanol–water partition coefficient (Wildman–Crippen LogP) is 2.53. The number of hydrogen-bond acceptors (Lipinski definition) is 3. The lowest BCUT2D eigenvalue weighted by Gasteiger charge is -2.23. The zero-order chi connectivity index (χ0) is 12.3. The van der Waals surface area contributed by atoms with Crippen molar-refractivity contribution in [2.45, 2.75) is 38.3 Å². The maximum Gasteiger partial charge on any atom is 0.0616 e. The van der Waals surface area contributed by atoms with Crippen LogP contribution in [0, 0.1) is 5.92 Å². The molecule has 0 saturated carbocycles. The number of nitrogens with two attached hydrogens (primary N) is 1. The summed E-state index contributed by atoms with van der Waals surface area (Å²) in [5, 5.41) is 0. The summed E-state index contributed by atoms with van der Waals surface area (Å²) in [6, 6.07) is 2.25. The van der Waals surface area contributed by atoms with Gasteiger partial charge in [-0.15, -0.1) is 0 Å². The summed E-state index contributed by atoms with van der Waals surface area (Å²) in [4.78, 5) is 4.17. The van der Waals surface area contributed by atoms with E-state index in [0.717, 1.165) is 30.3 Å². The molecule has 1 fully saturated rings. The smallest absolute Gasteiger partial charge is 0.0616 e. The fourth-order valence-corrected chi connectivity index (χ4v) is 2.98. The Morgan fingerprint density at radius 3 is 3.12 bits per heavy atom. The first-order valence-corrected chi connectivity index (χ1v) is 6.96. The molecule has 1 aliphatic rings. The zero-order valence-corrected chi connectivity index (χ0v) is 11.7. The number of rotatable bonds is 4. The van der Waals surface area contributed by atoms with Gasteiger partial charge in [0.1, 0.15) is 0 Å². The van der Waals surface area contributed by atoms with Crippen molar-refractivity contribution in [1.29, 1.82) is 0 Å². The van der Waals surface area contributed by atoms with Crippen LogP contribution >= 0.6 is 15.9 Å². The Kier molecular flexibility index (Phi) is 4.54. The molecule has 1 aromatic heterocycles. The largest absolute Gasteiger partial charge is 0.378 e. The van der Waals surface area contributed by atoms with E-state index in [1.54, 1.807) is 6.20 Å². The molecule has 1 aliphatic heterocycles. The topological polar surface area (TPSA) is 48.1 Å². The normalized spacial score (nSPS) is 26.1. The second kappa shape index (κ2) is 5.94. The van der Waals surface area contributed by atoms with Gasteiger partial charge in [-0.25, -0.2) is 0 Å². The summed E-state index contributed by atoms with van der Waals surface area (Å²) in [6.07, 6.45) is 7.03. The molecule has 2 heterocycles. The minimum absolute atomic E-state index is 0.165. The van der Waals surface area contributed by atoms with Gasteiger partial charge in [0.05, 0.1) is 6.10 Å². The Hall–Kier alpha value is -0.450. The van der Waals surface area contributed by atoms with Crippen LogP contribution < -0.4 is 5.73 Å². The quantitative estimate of drug-likeness (QED) is 0.929. The van der Waals surface area contributed by atoms with Crippen LogP contribution in [0.5, 0.6) is 0 Å². The number of pyridine rings is 1. The van der Waals surface area contributed by atoms with E-state index in [-0.39, 0.29) is 6.04 Å². The average Bonchev–Trinajstić information content (AvgIpc) is 2.77. The first-order chi connectivity index (χ1) is 8.20. The van der Waals surface area contributed by atoms with Gasteiger partial charge in [0.2, 0.25) is 0 Å². The third-order valence-corrected chi connectivity index (χ3v) is 3.88. The van der Waals surface area contributed by atoms with Crippen LogP contribution in [-0.2, 0) is 11.2 Å². The van der Waals surface area contributed by atoms with Crippen molar-refractivity contribution in [2.75, 3.05) is 6.61 Å². The van der Waals surface area contributed by atoms with E-state index in [0.29, 0.717) is 12.0 Å². The van der Waals surface area contributed by atoms with Crippen molar-refractivity contribution in [3.05, 3.63) is 28.5 Å². The summed E-state index contributed by atoms with van der Waals surface area (Å²) in [5.74, 6) is 0.485. The molecule has 94 valence electrons. The summed E-state index contributed by atoms with van der Waals surface area (Å²) in [6.45, 7) is 3.02. The van der Waals surface area contributed by atoms with Crippen molar-refractivity contribution in [3.8, 4) is 0 Å². The lowest BCUT2D eigenvalue weighted by atomic mass is 9.88. The molecule has 0 aliphatic carbocycles. The second-order valence-corrected chi connectivity index (χ2v) is 5.57. The minimum atomic E-state index is 0.165. The molecule has 0 aromatic carbocycles. The molecule has 0 bridgehead atoms. The number of hydrogen-bond donors (Lipinski definition) is 1. The molecule has 17 heavy (non-hydrogen) atoms. The molecule has 0 amide bonds. The number of ether oxygens (including phenoxy) is 1. The van der Waals surface area contributed by atoms with Crippen LogP contribution in [-0.4, -0.2) is 23.7 Å². The van der Waals surface area contributed by atoms with Crippen LogP contribution in [0.3, 0.4) is 0 Å². The molecule has 4 heteroatoms. The Bertz CT molecular complexity index is 372. The van der Waals surface area contributed by atoms with Crippen LogP contribution in [0.25, 0.3) is 0 Å². The second-order valence-electron chi connectivity index (χ2n) is 4.65. The maximum atomic E-state index is 6.30. The molecule has 1 saturated heterocycles. The molecule has 3 atom stereocenters. The zero-order valence-electron chi connectivity index (χ0n) is 10.1. The summed E-state index contributed by atoms with van der Waals surface area (Å²) in [7, 11) is 0. The molecule has 3 unspecified atom stereocenters. The SMILES string of the molecule is CCC1OCCC1C(N)Cc1cncc(Br)c1. The van der Waals surface area contributed by atoms with E-state index in [1.807, 2.05) is 6.20 Å². The van der Waals surface area contributed by atoms with E-state index in [9.17, 15) is 0 Å². The summed E-state index contributed by atoms with van der Waals surface area (Å²) >= 11 is 3.43. The maximum absolute atomic E-state index is 6.30. The van der Waals surface area contributed by atoms with E-state index in [2.05, 4.69) is 33.9 Å². The van der Waals surface area contributed by atoms with Crippen molar-refractivity contribution < 1.29 is 4.74 Å². The number of aromatic nitrogens is 1. The molecule has 0 spiro atoms. The highest BCUT2D eigenvalue weighted by Crippen LogP contribution is 2.27. The van der Waals surface area contributed by atoms with E-state index in [4.69, 9.17) is 10.5 Å². The van der Waals surface area contributed by atoms with E-state index < -0.39 is 0 Å². The molecular formula is C13H19BrN2O. The van der Waals surface area contributed by atoms with Gasteiger partial charge in [-0.3, -0.25) is 4.98 Å². The van der Waals surface area contributed by atoms with E-state index >= 15 is 0 Å². The minimum Gasteiger partial charge on any atom is -0.378 e. The first-order valence-electron chi connectivity index (χ1n) is 6.17. The average molecular weight is 299 g/mol. The highest BCUT2D eigenvalue weighted by atomic mass is 79.9. The van der Waals surface area contributed by atoms with Crippen LogP contribution in [0.2, 0.25) is 0 Å². The van der Waals surface area contributed by atoms with Gasteiger partial charge in [-0.2, -0.15) is 0 Å². The Balaban J connectivity index is 1.99.